The normalized spacial score (nSPS) is 11.6. The minimum atomic E-state index is -0.0110. The second kappa shape index (κ2) is 6.82. The summed E-state index contributed by atoms with van der Waals surface area (Å²) < 4.78 is 10.4. The van der Waals surface area contributed by atoms with Gasteiger partial charge in [-0.05, 0) is 30.5 Å². The fourth-order valence-electron chi connectivity index (χ4n) is 1.67. The molecule has 1 aromatic rings. The van der Waals surface area contributed by atoms with Crippen LogP contribution in [0.4, 0.5) is 0 Å². The molecule has 17 heavy (non-hydrogen) atoms. The topological polar surface area (TPSA) is 44.5 Å². The number of methoxy groups -OCH3 is 2. The molecule has 0 fully saturated rings. The Labute approximate surface area is 103 Å². The summed E-state index contributed by atoms with van der Waals surface area (Å²) in [7, 11) is 3.23. The maximum absolute atomic E-state index is 6.09. The van der Waals surface area contributed by atoms with Gasteiger partial charge in [0.2, 0.25) is 0 Å². The van der Waals surface area contributed by atoms with Crippen LogP contribution in [0, 0.1) is 12.3 Å². The molecule has 0 aliphatic carbocycles. The van der Waals surface area contributed by atoms with Crippen LogP contribution in [0.25, 0.3) is 0 Å². The maximum Gasteiger partial charge on any atom is 0.161 e. The number of unbranched alkanes of at least 4 members (excludes halogenated alkanes) is 1. The van der Waals surface area contributed by atoms with Gasteiger partial charge in [-0.1, -0.05) is 6.07 Å². The highest BCUT2D eigenvalue weighted by Gasteiger charge is 2.10. The van der Waals surface area contributed by atoms with Gasteiger partial charge in [0.1, 0.15) is 0 Å². The zero-order valence-electron chi connectivity index (χ0n) is 10.4. The van der Waals surface area contributed by atoms with Crippen LogP contribution in [0.2, 0.25) is 0 Å². The Kier molecular flexibility index (Phi) is 5.38. The molecule has 1 unspecified atom stereocenters. The number of hydrogen-bond donors (Lipinski definition) is 1. The van der Waals surface area contributed by atoms with Crippen molar-refractivity contribution in [2.24, 2.45) is 5.73 Å². The Balaban J connectivity index is 2.74. The Morgan fingerprint density at radius 1 is 1.29 bits per heavy atom. The number of terminal acetylenes is 1. The molecular formula is C14H19NO2. The van der Waals surface area contributed by atoms with Crippen LogP contribution in [0.3, 0.4) is 0 Å². The van der Waals surface area contributed by atoms with Crippen molar-refractivity contribution in [3.63, 3.8) is 0 Å². The van der Waals surface area contributed by atoms with Gasteiger partial charge < -0.3 is 15.2 Å². The van der Waals surface area contributed by atoms with Gasteiger partial charge in [-0.2, -0.15) is 0 Å². The summed E-state index contributed by atoms with van der Waals surface area (Å²) in [6.07, 6.45) is 7.79. The number of benzene rings is 1. The monoisotopic (exact) mass is 233 g/mol. The van der Waals surface area contributed by atoms with Crippen LogP contribution < -0.4 is 15.2 Å². The molecule has 0 saturated carbocycles. The summed E-state index contributed by atoms with van der Waals surface area (Å²) in [5.74, 6) is 4.04. The van der Waals surface area contributed by atoms with Crippen molar-refractivity contribution in [2.45, 2.75) is 25.3 Å². The minimum absolute atomic E-state index is 0.0110. The van der Waals surface area contributed by atoms with Crippen molar-refractivity contribution in [3.05, 3.63) is 23.8 Å². The first-order valence-electron chi connectivity index (χ1n) is 5.64. The Morgan fingerprint density at radius 3 is 2.59 bits per heavy atom. The molecule has 0 bridgehead atoms. The zero-order valence-corrected chi connectivity index (χ0v) is 10.4. The molecule has 92 valence electrons. The molecule has 0 radical (unpaired) electrons. The van der Waals surface area contributed by atoms with E-state index in [0.717, 1.165) is 24.8 Å². The summed E-state index contributed by atoms with van der Waals surface area (Å²) in [5, 5.41) is 0. The van der Waals surface area contributed by atoms with Crippen molar-refractivity contribution < 1.29 is 9.47 Å². The van der Waals surface area contributed by atoms with E-state index in [9.17, 15) is 0 Å². The summed E-state index contributed by atoms with van der Waals surface area (Å²) in [5.41, 5.74) is 7.13. The van der Waals surface area contributed by atoms with E-state index in [-0.39, 0.29) is 6.04 Å². The molecule has 0 heterocycles. The second-order valence-corrected chi connectivity index (χ2v) is 3.82. The number of ether oxygens (including phenoxy) is 2. The van der Waals surface area contributed by atoms with Gasteiger partial charge in [-0.15, -0.1) is 12.3 Å². The van der Waals surface area contributed by atoms with Crippen LogP contribution in [-0.2, 0) is 0 Å². The molecule has 1 rings (SSSR count). The van der Waals surface area contributed by atoms with Crippen LogP contribution in [-0.4, -0.2) is 14.2 Å². The summed E-state index contributed by atoms with van der Waals surface area (Å²) >= 11 is 0. The van der Waals surface area contributed by atoms with Gasteiger partial charge in [-0.25, -0.2) is 0 Å². The molecule has 0 aromatic heterocycles. The molecule has 1 aromatic carbocycles. The average molecular weight is 233 g/mol. The van der Waals surface area contributed by atoms with Gasteiger partial charge in [-0.3, -0.25) is 0 Å². The SMILES string of the molecule is C#CCCCC(N)c1ccc(OC)c(OC)c1. The number of rotatable bonds is 6. The zero-order chi connectivity index (χ0) is 12.7. The standard InChI is InChI=1S/C14H19NO2/c1-4-5-6-7-12(15)11-8-9-13(16-2)14(10-11)17-3/h1,8-10,12H,5-7,15H2,2-3H3. The Hall–Kier alpha value is -1.66. The first-order valence-corrected chi connectivity index (χ1v) is 5.64. The first kappa shape index (κ1) is 13.4. The van der Waals surface area contributed by atoms with E-state index < -0.39 is 0 Å². The first-order chi connectivity index (χ1) is 8.22. The number of nitrogens with two attached hydrogens (primary N) is 1. The molecule has 0 spiro atoms. The summed E-state index contributed by atoms with van der Waals surface area (Å²) in [6.45, 7) is 0. The Bertz CT molecular complexity index is 396. The van der Waals surface area contributed by atoms with E-state index in [0.29, 0.717) is 11.5 Å². The van der Waals surface area contributed by atoms with Crippen molar-refractivity contribution >= 4 is 0 Å². The maximum atomic E-state index is 6.09. The highest BCUT2D eigenvalue weighted by molar-refractivity contribution is 5.43. The van der Waals surface area contributed by atoms with Gasteiger partial charge >= 0.3 is 0 Å². The molecule has 0 aliphatic rings. The summed E-state index contributed by atoms with van der Waals surface area (Å²) in [6, 6.07) is 5.74. The molecule has 0 amide bonds. The molecule has 0 saturated heterocycles. The fraction of sp³-hybridized carbons (Fsp3) is 0.429. The largest absolute Gasteiger partial charge is 0.493 e. The van der Waals surface area contributed by atoms with Crippen LogP contribution in [0.1, 0.15) is 30.9 Å². The lowest BCUT2D eigenvalue weighted by Crippen LogP contribution is -2.10. The summed E-state index contributed by atoms with van der Waals surface area (Å²) in [4.78, 5) is 0. The lowest BCUT2D eigenvalue weighted by molar-refractivity contribution is 0.354. The molecule has 1 atom stereocenters. The smallest absolute Gasteiger partial charge is 0.161 e. The third kappa shape index (κ3) is 3.69. The fourth-order valence-corrected chi connectivity index (χ4v) is 1.67. The van der Waals surface area contributed by atoms with Gasteiger partial charge in [0, 0.05) is 12.5 Å². The minimum Gasteiger partial charge on any atom is -0.493 e. The lowest BCUT2D eigenvalue weighted by atomic mass is 10.0. The second-order valence-electron chi connectivity index (χ2n) is 3.82. The van der Waals surface area contributed by atoms with E-state index in [1.807, 2.05) is 18.2 Å². The van der Waals surface area contributed by atoms with Crippen LogP contribution in [0.15, 0.2) is 18.2 Å². The van der Waals surface area contributed by atoms with E-state index in [1.165, 1.54) is 0 Å². The third-order valence-corrected chi connectivity index (χ3v) is 2.67. The quantitative estimate of drug-likeness (QED) is 0.606. The molecule has 3 nitrogen and oxygen atoms in total. The van der Waals surface area contributed by atoms with Crippen molar-refractivity contribution in [1.82, 2.24) is 0 Å². The molecule has 3 heteroatoms. The lowest BCUT2D eigenvalue weighted by Gasteiger charge is -2.14. The van der Waals surface area contributed by atoms with Crippen LogP contribution >= 0.6 is 0 Å². The highest BCUT2D eigenvalue weighted by atomic mass is 16.5. The van der Waals surface area contributed by atoms with Crippen molar-refractivity contribution in [1.29, 1.82) is 0 Å². The van der Waals surface area contributed by atoms with E-state index in [2.05, 4.69) is 5.92 Å². The van der Waals surface area contributed by atoms with Crippen LogP contribution in [0.5, 0.6) is 11.5 Å². The Morgan fingerprint density at radius 2 is 2.00 bits per heavy atom. The predicted molar refractivity (Wildman–Crippen MR) is 69.2 cm³/mol. The van der Waals surface area contributed by atoms with E-state index >= 15 is 0 Å². The van der Waals surface area contributed by atoms with E-state index in [1.54, 1.807) is 14.2 Å². The molecular weight excluding hydrogens is 214 g/mol. The predicted octanol–water partition coefficient (Wildman–Crippen LogP) is 2.51. The van der Waals surface area contributed by atoms with Gasteiger partial charge in [0.15, 0.2) is 11.5 Å². The number of hydrogen-bond acceptors (Lipinski definition) is 3. The molecule has 0 aliphatic heterocycles. The van der Waals surface area contributed by atoms with Crippen molar-refractivity contribution in [3.8, 4) is 23.8 Å². The third-order valence-electron chi connectivity index (χ3n) is 2.67. The average Bonchev–Trinajstić information content (AvgIpc) is 2.38. The van der Waals surface area contributed by atoms with Crippen molar-refractivity contribution in [2.75, 3.05) is 14.2 Å². The van der Waals surface area contributed by atoms with E-state index in [4.69, 9.17) is 21.6 Å². The molecule has 2 N–H and O–H groups in total. The van der Waals surface area contributed by atoms with Gasteiger partial charge in [0.05, 0.1) is 14.2 Å². The highest BCUT2D eigenvalue weighted by Crippen LogP contribution is 2.30. The van der Waals surface area contributed by atoms with Gasteiger partial charge in [0.25, 0.3) is 0 Å².